The molecule has 1 rings (SSSR count). The molecule has 1 heterocycles. The zero-order chi connectivity index (χ0) is 7.98. The number of nitrogens with zero attached hydrogens (tertiary/aromatic N) is 1. The van der Waals surface area contributed by atoms with E-state index in [2.05, 4.69) is 9.97 Å². The first-order chi connectivity index (χ1) is 4.80. The summed E-state index contributed by atoms with van der Waals surface area (Å²) in [5, 5.41) is 0. The van der Waals surface area contributed by atoms with E-state index in [1.54, 1.807) is 13.1 Å². The van der Waals surface area contributed by atoms with Gasteiger partial charge in [-0.1, -0.05) is 13.8 Å². The summed E-state index contributed by atoms with van der Waals surface area (Å²) < 4.78 is 0. The number of hydrogen-bond acceptors (Lipinski definition) is 2. The van der Waals surface area contributed by atoms with Gasteiger partial charge in [0.2, 0.25) is 0 Å². The zero-order valence-electron chi connectivity index (χ0n) is 6.51. The van der Waals surface area contributed by atoms with Crippen molar-refractivity contribution in [3.63, 3.8) is 0 Å². The highest BCUT2D eigenvalue weighted by Gasteiger charge is 1.85. The van der Waals surface area contributed by atoms with Gasteiger partial charge in [-0.3, -0.25) is 9.78 Å². The Morgan fingerprint density at radius 3 is 2.40 bits per heavy atom. The highest BCUT2D eigenvalue weighted by molar-refractivity contribution is 4.90. The van der Waals surface area contributed by atoms with Crippen molar-refractivity contribution < 1.29 is 0 Å². The minimum absolute atomic E-state index is 0.118. The van der Waals surface area contributed by atoms with Crippen LogP contribution in [0.3, 0.4) is 0 Å². The highest BCUT2D eigenvalue weighted by atomic mass is 16.1. The van der Waals surface area contributed by atoms with E-state index < -0.39 is 0 Å². The third kappa shape index (κ3) is 2.44. The standard InChI is InChI=1S/C5H6N2O.C2H6/c1-4-5(8)7-3-2-6-4;1-2/h2-3H,1H3,(H,7,8);1-2H3. The van der Waals surface area contributed by atoms with Gasteiger partial charge in [0.1, 0.15) is 5.69 Å². The van der Waals surface area contributed by atoms with Gasteiger partial charge in [0.05, 0.1) is 0 Å². The topological polar surface area (TPSA) is 45.8 Å². The van der Waals surface area contributed by atoms with Gasteiger partial charge in [-0.25, -0.2) is 0 Å². The Morgan fingerprint density at radius 1 is 1.50 bits per heavy atom. The van der Waals surface area contributed by atoms with E-state index in [0.29, 0.717) is 5.69 Å². The lowest BCUT2D eigenvalue weighted by Gasteiger charge is -1.83. The molecule has 1 N–H and O–H groups in total. The van der Waals surface area contributed by atoms with Crippen LogP contribution in [0.4, 0.5) is 0 Å². The monoisotopic (exact) mass is 140 g/mol. The van der Waals surface area contributed by atoms with Gasteiger partial charge < -0.3 is 4.98 Å². The third-order valence-corrected chi connectivity index (χ3v) is 0.886. The molecule has 10 heavy (non-hydrogen) atoms. The third-order valence-electron chi connectivity index (χ3n) is 0.886. The summed E-state index contributed by atoms with van der Waals surface area (Å²) in [6, 6.07) is 0. The fourth-order valence-corrected chi connectivity index (χ4v) is 0.425. The van der Waals surface area contributed by atoms with Crippen LogP contribution in [0, 0.1) is 6.92 Å². The second-order valence-electron chi connectivity index (χ2n) is 1.50. The smallest absolute Gasteiger partial charge is 0.269 e. The normalized spacial score (nSPS) is 7.90. The van der Waals surface area contributed by atoms with Crippen molar-refractivity contribution in [2.45, 2.75) is 20.8 Å². The lowest BCUT2D eigenvalue weighted by atomic mass is 10.5. The number of aryl methyl sites for hydroxylation is 1. The maximum absolute atomic E-state index is 10.5. The molecule has 56 valence electrons. The predicted molar refractivity (Wildman–Crippen MR) is 40.9 cm³/mol. The first-order valence-corrected chi connectivity index (χ1v) is 3.31. The first kappa shape index (κ1) is 8.88. The molecule has 1 aromatic heterocycles. The number of aromatic nitrogens is 2. The van der Waals surface area contributed by atoms with E-state index in [9.17, 15) is 4.79 Å². The van der Waals surface area contributed by atoms with Crippen LogP contribution >= 0.6 is 0 Å². The molecular weight excluding hydrogens is 128 g/mol. The van der Waals surface area contributed by atoms with Gasteiger partial charge in [0, 0.05) is 12.4 Å². The number of nitrogens with one attached hydrogen (secondary N) is 1. The Kier molecular flexibility index (Phi) is 4.20. The van der Waals surface area contributed by atoms with Gasteiger partial charge in [0.15, 0.2) is 0 Å². The molecule has 0 aliphatic carbocycles. The second-order valence-corrected chi connectivity index (χ2v) is 1.50. The van der Waals surface area contributed by atoms with E-state index in [1.807, 2.05) is 13.8 Å². The van der Waals surface area contributed by atoms with E-state index in [1.165, 1.54) is 6.20 Å². The van der Waals surface area contributed by atoms with Crippen molar-refractivity contribution in [3.8, 4) is 0 Å². The minimum atomic E-state index is -0.118. The average molecular weight is 140 g/mol. The maximum atomic E-state index is 10.5. The largest absolute Gasteiger partial charge is 0.326 e. The van der Waals surface area contributed by atoms with Crippen LogP contribution < -0.4 is 5.56 Å². The van der Waals surface area contributed by atoms with E-state index in [0.717, 1.165) is 0 Å². The molecule has 0 amide bonds. The van der Waals surface area contributed by atoms with Crippen LogP contribution in [0.15, 0.2) is 17.2 Å². The lowest BCUT2D eigenvalue weighted by Crippen LogP contribution is -2.08. The number of H-pyrrole nitrogens is 1. The van der Waals surface area contributed by atoms with Crippen LogP contribution in [-0.2, 0) is 0 Å². The van der Waals surface area contributed by atoms with Crippen LogP contribution in [0.1, 0.15) is 19.5 Å². The molecule has 0 aliphatic rings. The molecular formula is C7H12N2O. The molecule has 1 aromatic rings. The lowest BCUT2D eigenvalue weighted by molar-refractivity contribution is 1.06. The molecule has 0 aromatic carbocycles. The van der Waals surface area contributed by atoms with Crippen LogP contribution in [0.5, 0.6) is 0 Å². The van der Waals surface area contributed by atoms with E-state index >= 15 is 0 Å². The molecule has 0 fully saturated rings. The summed E-state index contributed by atoms with van der Waals surface area (Å²) >= 11 is 0. The summed E-state index contributed by atoms with van der Waals surface area (Å²) in [7, 11) is 0. The molecule has 0 spiro atoms. The number of rotatable bonds is 0. The van der Waals surface area contributed by atoms with Crippen LogP contribution in [-0.4, -0.2) is 9.97 Å². The summed E-state index contributed by atoms with van der Waals surface area (Å²) in [6.07, 6.45) is 3.06. The van der Waals surface area contributed by atoms with E-state index in [4.69, 9.17) is 0 Å². The quantitative estimate of drug-likeness (QED) is 0.586. The van der Waals surface area contributed by atoms with Crippen molar-refractivity contribution in [3.05, 3.63) is 28.4 Å². The number of aromatic amines is 1. The van der Waals surface area contributed by atoms with Gasteiger partial charge in [-0.05, 0) is 6.92 Å². The Bertz CT molecular complexity index is 229. The van der Waals surface area contributed by atoms with Crippen molar-refractivity contribution in [2.75, 3.05) is 0 Å². The fourth-order valence-electron chi connectivity index (χ4n) is 0.425. The average Bonchev–Trinajstić information content (AvgIpc) is 2.00. The Hall–Kier alpha value is -1.12. The molecule has 0 saturated heterocycles. The summed E-state index contributed by atoms with van der Waals surface area (Å²) in [4.78, 5) is 16.7. The summed E-state index contributed by atoms with van der Waals surface area (Å²) in [5.41, 5.74) is 0.389. The Balaban J connectivity index is 0.000000371. The fraction of sp³-hybridized carbons (Fsp3) is 0.429. The van der Waals surface area contributed by atoms with Crippen molar-refractivity contribution >= 4 is 0 Å². The van der Waals surface area contributed by atoms with Gasteiger partial charge in [-0.15, -0.1) is 0 Å². The van der Waals surface area contributed by atoms with Crippen molar-refractivity contribution in [2.24, 2.45) is 0 Å². The van der Waals surface area contributed by atoms with Gasteiger partial charge in [-0.2, -0.15) is 0 Å². The SMILES string of the molecule is CC.Cc1ncc[nH]c1=O. The molecule has 0 saturated carbocycles. The molecule has 0 bridgehead atoms. The molecule has 3 heteroatoms. The summed E-state index contributed by atoms with van der Waals surface area (Å²) in [5.74, 6) is 0. The molecule has 0 unspecified atom stereocenters. The Labute approximate surface area is 60.1 Å². The zero-order valence-corrected chi connectivity index (χ0v) is 6.51. The minimum Gasteiger partial charge on any atom is -0.326 e. The van der Waals surface area contributed by atoms with Gasteiger partial charge >= 0.3 is 0 Å². The molecule has 3 nitrogen and oxygen atoms in total. The van der Waals surface area contributed by atoms with E-state index in [-0.39, 0.29) is 5.56 Å². The summed E-state index contributed by atoms with van der Waals surface area (Å²) in [6.45, 7) is 5.67. The molecule has 0 atom stereocenters. The Morgan fingerprint density at radius 2 is 2.10 bits per heavy atom. The first-order valence-electron chi connectivity index (χ1n) is 3.31. The second kappa shape index (κ2) is 4.73. The van der Waals surface area contributed by atoms with Crippen LogP contribution in [0.25, 0.3) is 0 Å². The van der Waals surface area contributed by atoms with Crippen molar-refractivity contribution in [1.29, 1.82) is 0 Å². The molecule has 0 aliphatic heterocycles. The molecule has 0 radical (unpaired) electrons. The number of hydrogen-bond donors (Lipinski definition) is 1. The maximum Gasteiger partial charge on any atom is 0.269 e. The highest BCUT2D eigenvalue weighted by Crippen LogP contribution is 1.72. The van der Waals surface area contributed by atoms with Crippen molar-refractivity contribution in [1.82, 2.24) is 9.97 Å². The van der Waals surface area contributed by atoms with Crippen LogP contribution in [0.2, 0.25) is 0 Å². The van der Waals surface area contributed by atoms with Gasteiger partial charge in [0.25, 0.3) is 5.56 Å². The predicted octanol–water partition coefficient (Wildman–Crippen LogP) is 1.10.